The SMILES string of the molecule is O=S1(=O)c2cc(Br)c(F)cc2N(c2ccccc2)CC2CC3(CC3)CN21. The van der Waals surface area contributed by atoms with Crippen molar-refractivity contribution in [3.8, 4) is 0 Å². The Morgan fingerprint density at radius 2 is 1.88 bits per heavy atom. The quantitative estimate of drug-likeness (QED) is 0.669. The first-order chi connectivity index (χ1) is 12.4. The summed E-state index contributed by atoms with van der Waals surface area (Å²) >= 11 is 3.16. The molecule has 3 aliphatic rings. The fraction of sp³-hybridized carbons (Fsp3) is 0.368. The van der Waals surface area contributed by atoms with Gasteiger partial charge in [0, 0.05) is 30.9 Å². The first-order valence-corrected chi connectivity index (χ1v) is 11.0. The molecule has 7 heteroatoms. The molecule has 2 heterocycles. The molecule has 2 aromatic carbocycles. The van der Waals surface area contributed by atoms with Crippen LogP contribution in [0.4, 0.5) is 15.8 Å². The number of hydrogen-bond donors (Lipinski definition) is 0. The molecule has 2 aliphatic heterocycles. The van der Waals surface area contributed by atoms with Crippen LogP contribution in [-0.2, 0) is 10.0 Å². The van der Waals surface area contributed by atoms with Gasteiger partial charge >= 0.3 is 0 Å². The zero-order valence-corrected chi connectivity index (χ0v) is 16.4. The summed E-state index contributed by atoms with van der Waals surface area (Å²) in [5.74, 6) is -0.458. The van der Waals surface area contributed by atoms with Crippen LogP contribution in [0.3, 0.4) is 0 Å². The number of benzene rings is 2. The average molecular weight is 437 g/mol. The molecule has 1 aliphatic carbocycles. The molecule has 0 bridgehead atoms. The molecule has 2 aromatic rings. The van der Waals surface area contributed by atoms with Crippen molar-refractivity contribution < 1.29 is 12.8 Å². The van der Waals surface area contributed by atoms with E-state index in [-0.39, 0.29) is 20.8 Å². The van der Waals surface area contributed by atoms with Crippen molar-refractivity contribution in [3.05, 3.63) is 52.8 Å². The van der Waals surface area contributed by atoms with Crippen LogP contribution < -0.4 is 4.90 Å². The van der Waals surface area contributed by atoms with Crippen LogP contribution in [0.15, 0.2) is 51.8 Å². The Morgan fingerprint density at radius 3 is 2.58 bits per heavy atom. The maximum atomic E-state index is 14.3. The zero-order chi connectivity index (χ0) is 18.1. The molecule has 1 spiro atoms. The van der Waals surface area contributed by atoms with Crippen molar-refractivity contribution in [2.24, 2.45) is 5.41 Å². The monoisotopic (exact) mass is 436 g/mol. The minimum absolute atomic E-state index is 0.0862. The van der Waals surface area contributed by atoms with Crippen LogP contribution in [0.5, 0.6) is 0 Å². The third-order valence-electron chi connectivity index (χ3n) is 5.86. The number of anilines is 2. The highest BCUT2D eigenvalue weighted by atomic mass is 79.9. The molecule has 0 aromatic heterocycles. The largest absolute Gasteiger partial charge is 0.339 e. The summed E-state index contributed by atoms with van der Waals surface area (Å²) in [6.45, 7) is 1.12. The normalized spacial score (nSPS) is 25.6. The Balaban J connectivity index is 1.73. The van der Waals surface area contributed by atoms with Crippen molar-refractivity contribution >= 4 is 37.3 Å². The topological polar surface area (TPSA) is 40.6 Å². The highest BCUT2D eigenvalue weighted by Gasteiger charge is 2.56. The minimum atomic E-state index is -3.67. The summed E-state index contributed by atoms with van der Waals surface area (Å²) in [6, 6.07) is 12.3. The third kappa shape index (κ3) is 2.44. The predicted octanol–water partition coefficient (Wildman–Crippen LogP) is 4.28. The molecule has 4 nitrogen and oxygen atoms in total. The van der Waals surface area contributed by atoms with Gasteiger partial charge in [-0.1, -0.05) is 18.2 Å². The number of nitrogens with zero attached hydrogens (tertiary/aromatic N) is 2. The number of rotatable bonds is 1. The number of sulfonamides is 1. The van der Waals surface area contributed by atoms with Gasteiger partial charge in [-0.2, -0.15) is 4.31 Å². The molecule has 1 saturated carbocycles. The van der Waals surface area contributed by atoms with E-state index in [1.54, 1.807) is 4.31 Å². The zero-order valence-electron chi connectivity index (χ0n) is 14.0. The molecule has 5 rings (SSSR count). The van der Waals surface area contributed by atoms with Crippen LogP contribution in [0.25, 0.3) is 0 Å². The van der Waals surface area contributed by atoms with Gasteiger partial charge < -0.3 is 4.90 Å². The lowest BCUT2D eigenvalue weighted by Gasteiger charge is -2.27. The van der Waals surface area contributed by atoms with E-state index in [4.69, 9.17) is 0 Å². The van der Waals surface area contributed by atoms with Gasteiger partial charge in [-0.15, -0.1) is 0 Å². The summed E-state index contributed by atoms with van der Waals surface area (Å²) in [6.07, 6.45) is 3.08. The lowest BCUT2D eigenvalue weighted by molar-refractivity contribution is 0.394. The van der Waals surface area contributed by atoms with Crippen LogP contribution in [0.1, 0.15) is 19.3 Å². The highest BCUT2D eigenvalue weighted by molar-refractivity contribution is 9.10. The fourth-order valence-electron chi connectivity index (χ4n) is 4.33. The summed E-state index contributed by atoms with van der Waals surface area (Å²) in [4.78, 5) is 2.13. The van der Waals surface area contributed by atoms with Gasteiger partial charge in [-0.25, -0.2) is 12.8 Å². The molecule has 0 amide bonds. The number of halogens is 2. The first-order valence-electron chi connectivity index (χ1n) is 8.73. The Bertz CT molecular complexity index is 992. The third-order valence-corrected chi connectivity index (χ3v) is 8.40. The van der Waals surface area contributed by atoms with E-state index in [2.05, 4.69) is 15.9 Å². The van der Waals surface area contributed by atoms with Crippen molar-refractivity contribution in [2.75, 3.05) is 18.0 Å². The maximum Gasteiger partial charge on any atom is 0.245 e. The molecular formula is C19H18BrFN2O2S. The highest BCUT2D eigenvalue weighted by Crippen LogP contribution is 2.57. The second-order valence-corrected chi connectivity index (χ2v) is 10.3. The van der Waals surface area contributed by atoms with Crippen molar-refractivity contribution in [3.63, 3.8) is 0 Å². The van der Waals surface area contributed by atoms with Gasteiger partial charge in [0.2, 0.25) is 10.0 Å². The standard InChI is InChI=1S/C19H18BrFN2O2S/c20-15-8-18-17(9-16(15)21)22(13-4-2-1-3-5-13)11-14-10-19(6-7-19)12-23(14)26(18,24)25/h1-5,8-9,14H,6-7,10-12H2. The van der Waals surface area contributed by atoms with E-state index >= 15 is 0 Å². The smallest absolute Gasteiger partial charge is 0.245 e. The average Bonchev–Trinajstić information content (AvgIpc) is 3.28. The molecule has 0 radical (unpaired) electrons. The molecule has 1 atom stereocenters. The molecule has 1 unspecified atom stereocenters. The van der Waals surface area contributed by atoms with Crippen molar-refractivity contribution in [1.82, 2.24) is 4.31 Å². The van der Waals surface area contributed by atoms with E-state index in [9.17, 15) is 12.8 Å². The summed E-state index contributed by atoms with van der Waals surface area (Å²) < 4.78 is 43.0. The molecule has 26 heavy (non-hydrogen) atoms. The lowest BCUT2D eigenvalue weighted by atomic mass is 10.0. The minimum Gasteiger partial charge on any atom is -0.339 e. The molecule has 1 saturated heterocycles. The van der Waals surface area contributed by atoms with E-state index in [1.807, 2.05) is 35.2 Å². The lowest BCUT2D eigenvalue weighted by Crippen LogP contribution is -2.38. The molecular weight excluding hydrogens is 419 g/mol. The van der Waals surface area contributed by atoms with E-state index < -0.39 is 15.8 Å². The molecule has 0 N–H and O–H groups in total. The van der Waals surface area contributed by atoms with Gasteiger partial charge in [0.05, 0.1) is 10.2 Å². The van der Waals surface area contributed by atoms with E-state index in [1.165, 1.54) is 12.1 Å². The maximum absolute atomic E-state index is 14.3. The first kappa shape index (κ1) is 16.7. The van der Waals surface area contributed by atoms with Gasteiger partial charge in [-0.05, 0) is 58.8 Å². The van der Waals surface area contributed by atoms with Crippen molar-refractivity contribution in [1.29, 1.82) is 0 Å². The van der Waals surface area contributed by atoms with Crippen LogP contribution in [-0.4, -0.2) is 31.9 Å². The second kappa shape index (κ2) is 5.53. The summed E-state index contributed by atoms with van der Waals surface area (Å²) in [7, 11) is -3.67. The fourth-order valence-corrected chi connectivity index (χ4v) is 6.75. The van der Waals surface area contributed by atoms with Crippen LogP contribution >= 0.6 is 15.9 Å². The molecule has 2 fully saturated rings. The predicted molar refractivity (Wildman–Crippen MR) is 102 cm³/mol. The Kier molecular flexibility index (Phi) is 3.56. The van der Waals surface area contributed by atoms with Crippen LogP contribution in [0, 0.1) is 11.2 Å². The number of hydrogen-bond acceptors (Lipinski definition) is 3. The van der Waals surface area contributed by atoms with E-state index in [0.717, 1.165) is 24.9 Å². The Labute approximate surface area is 160 Å². The summed E-state index contributed by atoms with van der Waals surface area (Å²) in [5, 5.41) is 0. The number of fused-ring (bicyclic) bond motifs is 2. The number of para-hydroxylation sites is 1. The van der Waals surface area contributed by atoms with Crippen molar-refractivity contribution in [2.45, 2.75) is 30.2 Å². The van der Waals surface area contributed by atoms with Crippen LogP contribution in [0.2, 0.25) is 0 Å². The second-order valence-electron chi connectivity index (χ2n) is 7.59. The van der Waals surface area contributed by atoms with E-state index in [0.29, 0.717) is 18.8 Å². The Morgan fingerprint density at radius 1 is 1.15 bits per heavy atom. The van der Waals surface area contributed by atoms with Gasteiger partial charge in [-0.3, -0.25) is 0 Å². The van der Waals surface area contributed by atoms with Gasteiger partial charge in [0.1, 0.15) is 10.7 Å². The molecule has 136 valence electrons. The summed E-state index contributed by atoms with van der Waals surface area (Å²) in [5.41, 5.74) is 1.45. The van der Waals surface area contributed by atoms with Gasteiger partial charge in [0.25, 0.3) is 0 Å². The van der Waals surface area contributed by atoms with Gasteiger partial charge in [0.15, 0.2) is 0 Å². The Hall–Kier alpha value is -1.44.